The van der Waals surface area contributed by atoms with E-state index in [0.29, 0.717) is 5.82 Å². The molecule has 4 aromatic heterocycles. The number of hydrogen-bond acceptors (Lipinski definition) is 6. The van der Waals surface area contributed by atoms with Crippen molar-refractivity contribution in [1.82, 2.24) is 29.2 Å². The van der Waals surface area contributed by atoms with Gasteiger partial charge in [-0.15, -0.1) is 0 Å². The Kier molecular flexibility index (Phi) is 5.11. The van der Waals surface area contributed by atoms with Gasteiger partial charge in [-0.3, -0.25) is 9.88 Å². The van der Waals surface area contributed by atoms with E-state index in [1.165, 1.54) is 0 Å². The lowest BCUT2D eigenvalue weighted by molar-refractivity contribution is 0.247. The van der Waals surface area contributed by atoms with Crippen molar-refractivity contribution in [1.29, 1.82) is 0 Å². The zero-order valence-corrected chi connectivity index (χ0v) is 17.1. The number of imidazole rings is 1. The normalized spacial score (nSPS) is 15.0. The lowest BCUT2D eigenvalue weighted by atomic mass is 10.2. The van der Waals surface area contributed by atoms with Crippen LogP contribution in [0.15, 0.2) is 61.1 Å². The van der Waals surface area contributed by atoms with E-state index in [4.69, 9.17) is 9.97 Å². The molecule has 0 aromatic carbocycles. The number of piperazine rings is 1. The van der Waals surface area contributed by atoms with Crippen LogP contribution in [0.2, 0.25) is 0 Å². The number of anilines is 1. The summed E-state index contributed by atoms with van der Waals surface area (Å²) in [5, 5.41) is 0. The first-order valence-corrected chi connectivity index (χ1v) is 10.5. The Morgan fingerprint density at radius 1 is 0.900 bits per heavy atom. The zero-order chi connectivity index (χ0) is 20.3. The van der Waals surface area contributed by atoms with E-state index in [-0.39, 0.29) is 0 Å². The van der Waals surface area contributed by atoms with Gasteiger partial charge in [-0.05, 0) is 30.7 Å². The molecule has 4 aromatic rings. The number of fused-ring (bicyclic) bond motifs is 1. The van der Waals surface area contributed by atoms with Crippen LogP contribution in [0.4, 0.5) is 5.82 Å². The predicted molar refractivity (Wildman–Crippen MR) is 117 cm³/mol. The largest absolute Gasteiger partial charge is 0.354 e. The summed E-state index contributed by atoms with van der Waals surface area (Å²) in [6, 6.07) is 14.1. The molecule has 1 fully saturated rings. The maximum Gasteiger partial charge on any atom is 0.180 e. The van der Waals surface area contributed by atoms with Crippen molar-refractivity contribution in [2.45, 2.75) is 19.9 Å². The van der Waals surface area contributed by atoms with E-state index < -0.39 is 0 Å². The van der Waals surface area contributed by atoms with Crippen LogP contribution in [0.5, 0.6) is 0 Å². The Morgan fingerprint density at radius 3 is 2.53 bits per heavy atom. The van der Waals surface area contributed by atoms with E-state index in [2.05, 4.69) is 43.4 Å². The molecule has 30 heavy (non-hydrogen) atoms. The van der Waals surface area contributed by atoms with E-state index >= 15 is 0 Å². The van der Waals surface area contributed by atoms with Gasteiger partial charge in [0.1, 0.15) is 17.2 Å². The number of aromatic nitrogens is 5. The van der Waals surface area contributed by atoms with Gasteiger partial charge < -0.3 is 9.30 Å². The molecule has 0 bridgehead atoms. The van der Waals surface area contributed by atoms with Crippen LogP contribution in [-0.2, 0) is 13.0 Å². The van der Waals surface area contributed by atoms with Crippen LogP contribution in [0.25, 0.3) is 17.2 Å². The van der Waals surface area contributed by atoms with Gasteiger partial charge in [0.15, 0.2) is 5.82 Å². The highest BCUT2D eigenvalue weighted by molar-refractivity contribution is 5.54. The molecule has 0 amide bonds. The minimum absolute atomic E-state index is 0.706. The molecule has 5 heterocycles. The lowest BCUT2D eigenvalue weighted by Crippen LogP contribution is -2.46. The van der Waals surface area contributed by atoms with Gasteiger partial charge in [0.25, 0.3) is 0 Å². The van der Waals surface area contributed by atoms with Crippen molar-refractivity contribution in [2.75, 3.05) is 31.1 Å². The quantitative estimate of drug-likeness (QED) is 0.514. The number of nitrogens with zero attached hydrogens (tertiary/aromatic N) is 7. The molecule has 7 nitrogen and oxygen atoms in total. The summed E-state index contributed by atoms with van der Waals surface area (Å²) in [4.78, 5) is 23.5. The van der Waals surface area contributed by atoms with Crippen LogP contribution in [0.1, 0.15) is 18.3 Å². The van der Waals surface area contributed by atoms with Gasteiger partial charge in [-0.25, -0.2) is 15.0 Å². The van der Waals surface area contributed by atoms with E-state index in [0.717, 1.165) is 67.7 Å². The number of hydrogen-bond donors (Lipinski definition) is 0. The molecular formula is C23H25N7. The van der Waals surface area contributed by atoms with Crippen molar-refractivity contribution >= 4 is 11.5 Å². The third-order valence-electron chi connectivity index (χ3n) is 5.52. The van der Waals surface area contributed by atoms with Crippen molar-refractivity contribution in [2.24, 2.45) is 0 Å². The number of pyridine rings is 2. The molecular weight excluding hydrogens is 374 g/mol. The first-order chi connectivity index (χ1) is 14.8. The fourth-order valence-electron chi connectivity index (χ4n) is 3.86. The molecule has 0 N–H and O–H groups in total. The molecule has 0 spiro atoms. The first-order valence-electron chi connectivity index (χ1n) is 10.5. The summed E-state index contributed by atoms with van der Waals surface area (Å²) < 4.78 is 2.08. The Hall–Kier alpha value is -3.32. The molecule has 5 rings (SSSR count). The van der Waals surface area contributed by atoms with Crippen LogP contribution in [0.3, 0.4) is 0 Å². The summed E-state index contributed by atoms with van der Waals surface area (Å²) in [6.07, 6.45) is 6.83. The summed E-state index contributed by atoms with van der Waals surface area (Å²) in [7, 11) is 0. The monoisotopic (exact) mass is 399 g/mol. The molecule has 7 heteroatoms. The third-order valence-corrected chi connectivity index (χ3v) is 5.52. The second kappa shape index (κ2) is 8.20. The van der Waals surface area contributed by atoms with Crippen molar-refractivity contribution in [3.05, 3.63) is 72.4 Å². The van der Waals surface area contributed by atoms with E-state index in [1.54, 1.807) is 6.20 Å². The topological polar surface area (TPSA) is 62.5 Å². The Bertz CT molecular complexity index is 1100. The molecule has 1 aliphatic rings. The molecule has 152 valence electrons. The molecule has 1 saturated heterocycles. The van der Waals surface area contributed by atoms with Crippen LogP contribution >= 0.6 is 0 Å². The van der Waals surface area contributed by atoms with Crippen molar-refractivity contribution in [3.8, 4) is 11.5 Å². The fourth-order valence-corrected chi connectivity index (χ4v) is 3.86. The lowest BCUT2D eigenvalue weighted by Gasteiger charge is -2.35. The summed E-state index contributed by atoms with van der Waals surface area (Å²) >= 11 is 0. The third kappa shape index (κ3) is 3.89. The Labute approximate surface area is 176 Å². The first kappa shape index (κ1) is 18.7. The van der Waals surface area contributed by atoms with Crippen LogP contribution in [-0.4, -0.2) is 55.4 Å². The average molecular weight is 400 g/mol. The predicted octanol–water partition coefficient (Wildman–Crippen LogP) is 3.07. The second-order valence-corrected chi connectivity index (χ2v) is 7.57. The molecule has 0 radical (unpaired) electrons. The molecule has 1 aliphatic heterocycles. The van der Waals surface area contributed by atoms with Gasteiger partial charge >= 0.3 is 0 Å². The van der Waals surface area contributed by atoms with Gasteiger partial charge in [0.05, 0.1) is 5.69 Å². The smallest absolute Gasteiger partial charge is 0.180 e. The van der Waals surface area contributed by atoms with Gasteiger partial charge in [-0.2, -0.15) is 0 Å². The van der Waals surface area contributed by atoms with Crippen LogP contribution < -0.4 is 4.90 Å². The summed E-state index contributed by atoms with van der Waals surface area (Å²) in [6.45, 7) is 6.85. The summed E-state index contributed by atoms with van der Waals surface area (Å²) in [5.41, 5.74) is 3.98. The Balaban J connectivity index is 1.29. The molecule has 0 atom stereocenters. The zero-order valence-electron chi connectivity index (χ0n) is 17.1. The highest BCUT2D eigenvalue weighted by Crippen LogP contribution is 2.21. The SMILES string of the molecule is CCc1cc(N2CCN(Cc3cn4ccccc4n3)CC2)nc(-c2ccccn2)n1. The van der Waals surface area contributed by atoms with E-state index in [1.807, 2.05) is 42.6 Å². The van der Waals surface area contributed by atoms with Crippen molar-refractivity contribution in [3.63, 3.8) is 0 Å². The van der Waals surface area contributed by atoms with Crippen LogP contribution in [0, 0.1) is 0 Å². The minimum atomic E-state index is 0.706. The van der Waals surface area contributed by atoms with Gasteiger partial charge in [0, 0.05) is 63.1 Å². The second-order valence-electron chi connectivity index (χ2n) is 7.57. The average Bonchev–Trinajstić information content (AvgIpc) is 3.22. The standard InChI is InChI=1S/C23H25N7/c1-2-18-15-22(27-23(26-18)20-7-3-5-9-24-20)29-13-11-28(12-14-29)16-19-17-30-10-6-4-8-21(30)25-19/h3-10,15,17H,2,11-14,16H2,1H3. The van der Waals surface area contributed by atoms with Gasteiger partial charge in [0.2, 0.25) is 0 Å². The number of rotatable bonds is 5. The van der Waals surface area contributed by atoms with Crippen molar-refractivity contribution < 1.29 is 0 Å². The maximum absolute atomic E-state index is 4.83. The highest BCUT2D eigenvalue weighted by atomic mass is 15.3. The highest BCUT2D eigenvalue weighted by Gasteiger charge is 2.20. The molecule has 0 saturated carbocycles. The molecule has 0 unspecified atom stereocenters. The Morgan fingerprint density at radius 2 is 1.77 bits per heavy atom. The fraction of sp³-hybridized carbons (Fsp3) is 0.304. The molecule has 0 aliphatic carbocycles. The maximum atomic E-state index is 4.83. The number of aryl methyl sites for hydroxylation is 1. The minimum Gasteiger partial charge on any atom is -0.354 e. The van der Waals surface area contributed by atoms with Gasteiger partial charge in [-0.1, -0.05) is 19.1 Å². The summed E-state index contributed by atoms with van der Waals surface area (Å²) in [5.74, 6) is 1.70. The van der Waals surface area contributed by atoms with E-state index in [9.17, 15) is 0 Å².